The maximum atomic E-state index is 12.8. The minimum atomic E-state index is -1.36. The molecule has 4 atom stereocenters. The maximum absolute atomic E-state index is 12.8. The second-order valence-corrected chi connectivity index (χ2v) is 8.78. The molecular formula is C19H33N5O6S. The van der Waals surface area contributed by atoms with Crippen LogP contribution in [0.5, 0.6) is 0 Å². The number of hydrogen-bond acceptors (Lipinski definition) is 7. The molecule has 4 amide bonds. The summed E-state index contributed by atoms with van der Waals surface area (Å²) in [5, 5.41) is 19.8. The third-order valence-electron chi connectivity index (χ3n) is 4.89. The first-order valence-electron chi connectivity index (χ1n) is 10.2. The standard InChI is InChI=1S/C19H33N5O6S/c1-10(2)15(19(29)30)24-18(28)13(9-14(20)25)23-17(27)12(6-8-31-3)22-16(26)11-5-4-7-21-11/h10-13,15,21H,4-9H2,1-3H3,(H2,20,25)(H,22,26)(H,23,27)(H,24,28)(H,29,30). The van der Waals surface area contributed by atoms with Gasteiger partial charge in [-0.3, -0.25) is 19.2 Å². The number of nitrogens with one attached hydrogen (secondary N) is 4. The molecule has 0 aromatic carbocycles. The van der Waals surface area contributed by atoms with E-state index in [9.17, 15) is 29.1 Å². The summed E-state index contributed by atoms with van der Waals surface area (Å²) >= 11 is 1.49. The van der Waals surface area contributed by atoms with E-state index >= 15 is 0 Å². The monoisotopic (exact) mass is 459 g/mol. The summed E-state index contributed by atoms with van der Waals surface area (Å²) in [6, 6.07) is -3.84. The number of hydrogen-bond donors (Lipinski definition) is 6. The first-order valence-corrected chi connectivity index (χ1v) is 11.6. The Kier molecular flexibility index (Phi) is 11.3. The molecule has 1 rings (SSSR count). The lowest BCUT2D eigenvalue weighted by atomic mass is 10.0. The van der Waals surface area contributed by atoms with E-state index in [1.165, 1.54) is 11.8 Å². The van der Waals surface area contributed by atoms with Crippen LogP contribution >= 0.6 is 11.8 Å². The molecule has 176 valence electrons. The van der Waals surface area contributed by atoms with Gasteiger partial charge >= 0.3 is 5.97 Å². The molecule has 31 heavy (non-hydrogen) atoms. The van der Waals surface area contributed by atoms with Gasteiger partial charge in [0.1, 0.15) is 18.1 Å². The van der Waals surface area contributed by atoms with Gasteiger partial charge in [0.05, 0.1) is 12.5 Å². The van der Waals surface area contributed by atoms with Gasteiger partial charge in [0.2, 0.25) is 23.6 Å². The average Bonchev–Trinajstić information content (AvgIpc) is 3.22. The van der Waals surface area contributed by atoms with E-state index in [1.807, 2.05) is 6.26 Å². The molecule has 1 aliphatic heterocycles. The minimum Gasteiger partial charge on any atom is -0.480 e. The van der Waals surface area contributed by atoms with Gasteiger partial charge in [-0.1, -0.05) is 13.8 Å². The lowest BCUT2D eigenvalue weighted by molar-refractivity contribution is -0.143. The molecule has 7 N–H and O–H groups in total. The highest BCUT2D eigenvalue weighted by Gasteiger charge is 2.32. The predicted octanol–water partition coefficient (Wildman–Crippen LogP) is -1.44. The number of carbonyl (C=O) groups is 5. The molecule has 1 saturated heterocycles. The Labute approximate surface area is 186 Å². The summed E-state index contributed by atoms with van der Waals surface area (Å²) in [4.78, 5) is 60.7. The van der Waals surface area contributed by atoms with E-state index in [0.29, 0.717) is 18.6 Å². The van der Waals surface area contributed by atoms with Gasteiger partial charge in [-0.05, 0) is 43.7 Å². The van der Waals surface area contributed by atoms with Crippen LogP contribution in [-0.2, 0) is 24.0 Å². The maximum Gasteiger partial charge on any atom is 0.326 e. The highest BCUT2D eigenvalue weighted by Crippen LogP contribution is 2.08. The Bertz CT molecular complexity index is 668. The first-order chi connectivity index (χ1) is 14.6. The van der Waals surface area contributed by atoms with E-state index < -0.39 is 54.2 Å². The van der Waals surface area contributed by atoms with Gasteiger partial charge in [-0.15, -0.1) is 0 Å². The van der Waals surface area contributed by atoms with Gasteiger partial charge in [0.15, 0.2) is 0 Å². The third kappa shape index (κ3) is 9.13. The fraction of sp³-hybridized carbons (Fsp3) is 0.737. The summed E-state index contributed by atoms with van der Waals surface area (Å²) in [6.45, 7) is 3.96. The normalized spacial score (nSPS) is 18.6. The lowest BCUT2D eigenvalue weighted by Gasteiger charge is -2.25. The second-order valence-electron chi connectivity index (χ2n) is 7.79. The predicted molar refractivity (Wildman–Crippen MR) is 116 cm³/mol. The number of aliphatic carboxylic acids is 1. The van der Waals surface area contributed by atoms with Gasteiger partial charge in [-0.25, -0.2) is 4.79 Å². The fourth-order valence-electron chi connectivity index (χ4n) is 3.14. The Morgan fingerprint density at radius 1 is 1.10 bits per heavy atom. The van der Waals surface area contributed by atoms with Crippen molar-refractivity contribution < 1.29 is 29.1 Å². The molecule has 0 spiro atoms. The molecule has 1 aliphatic rings. The van der Waals surface area contributed by atoms with E-state index in [2.05, 4.69) is 21.3 Å². The molecule has 0 aromatic heterocycles. The number of carboxylic acid groups (broad SMARTS) is 1. The van der Waals surface area contributed by atoms with Crippen molar-refractivity contribution in [3.63, 3.8) is 0 Å². The number of rotatable bonds is 13. The molecule has 0 aliphatic carbocycles. The van der Waals surface area contributed by atoms with Crippen LogP contribution in [0.2, 0.25) is 0 Å². The molecule has 0 aromatic rings. The van der Waals surface area contributed by atoms with Crippen molar-refractivity contribution >= 4 is 41.4 Å². The lowest BCUT2D eigenvalue weighted by Crippen LogP contribution is -2.58. The van der Waals surface area contributed by atoms with Crippen molar-refractivity contribution in [2.45, 2.75) is 63.7 Å². The van der Waals surface area contributed by atoms with Crippen LogP contribution in [0.3, 0.4) is 0 Å². The highest BCUT2D eigenvalue weighted by molar-refractivity contribution is 7.98. The quantitative estimate of drug-likeness (QED) is 0.194. The zero-order valence-electron chi connectivity index (χ0n) is 18.1. The molecule has 12 heteroatoms. The summed E-state index contributed by atoms with van der Waals surface area (Å²) in [5.74, 6) is -3.69. The van der Waals surface area contributed by atoms with Crippen LogP contribution in [-0.4, -0.2) is 77.4 Å². The average molecular weight is 460 g/mol. The van der Waals surface area contributed by atoms with Gasteiger partial charge in [0.25, 0.3) is 0 Å². The zero-order chi connectivity index (χ0) is 23.6. The fourth-order valence-corrected chi connectivity index (χ4v) is 3.61. The molecule has 4 unspecified atom stereocenters. The van der Waals surface area contributed by atoms with E-state index in [1.54, 1.807) is 13.8 Å². The summed E-state index contributed by atoms with van der Waals surface area (Å²) < 4.78 is 0. The molecular weight excluding hydrogens is 426 g/mol. The molecule has 11 nitrogen and oxygen atoms in total. The molecule has 0 bridgehead atoms. The number of thioether (sulfide) groups is 1. The number of nitrogens with two attached hydrogens (primary N) is 1. The Morgan fingerprint density at radius 3 is 2.23 bits per heavy atom. The smallest absolute Gasteiger partial charge is 0.326 e. The van der Waals surface area contributed by atoms with Crippen molar-refractivity contribution in [1.29, 1.82) is 0 Å². The number of carboxylic acids is 1. The molecule has 1 fully saturated rings. The summed E-state index contributed by atoms with van der Waals surface area (Å²) in [6.07, 6.45) is 3.20. The third-order valence-corrected chi connectivity index (χ3v) is 5.53. The number of primary amides is 1. The van der Waals surface area contributed by atoms with Gasteiger partial charge < -0.3 is 32.1 Å². The van der Waals surface area contributed by atoms with E-state index in [-0.39, 0.29) is 11.9 Å². The van der Waals surface area contributed by atoms with Crippen LogP contribution in [0.4, 0.5) is 0 Å². The Balaban J connectivity index is 2.90. The molecule has 1 heterocycles. The summed E-state index contributed by atoms with van der Waals surface area (Å²) in [7, 11) is 0. The van der Waals surface area contributed by atoms with Crippen molar-refractivity contribution in [2.75, 3.05) is 18.6 Å². The van der Waals surface area contributed by atoms with Crippen LogP contribution < -0.4 is 27.0 Å². The number of amides is 4. The summed E-state index contributed by atoms with van der Waals surface area (Å²) in [5.41, 5.74) is 5.21. The second kappa shape index (κ2) is 13.2. The molecule has 0 radical (unpaired) electrons. The zero-order valence-corrected chi connectivity index (χ0v) is 18.9. The van der Waals surface area contributed by atoms with Crippen LogP contribution in [0.15, 0.2) is 0 Å². The van der Waals surface area contributed by atoms with Crippen LogP contribution in [0.25, 0.3) is 0 Å². The number of carbonyl (C=O) groups excluding carboxylic acids is 4. The Hall–Kier alpha value is -2.34. The Morgan fingerprint density at radius 2 is 1.74 bits per heavy atom. The highest BCUT2D eigenvalue weighted by atomic mass is 32.2. The van der Waals surface area contributed by atoms with Crippen molar-refractivity contribution in [2.24, 2.45) is 11.7 Å². The first kappa shape index (κ1) is 26.7. The van der Waals surface area contributed by atoms with Crippen molar-refractivity contribution in [3.8, 4) is 0 Å². The van der Waals surface area contributed by atoms with Crippen molar-refractivity contribution in [1.82, 2.24) is 21.3 Å². The topological polar surface area (TPSA) is 180 Å². The minimum absolute atomic E-state index is 0.305. The molecule has 0 saturated carbocycles. The van der Waals surface area contributed by atoms with Gasteiger partial charge in [-0.2, -0.15) is 11.8 Å². The van der Waals surface area contributed by atoms with Crippen LogP contribution in [0, 0.1) is 5.92 Å². The van der Waals surface area contributed by atoms with E-state index in [0.717, 1.165) is 13.0 Å². The van der Waals surface area contributed by atoms with Crippen LogP contribution in [0.1, 0.15) is 39.5 Å². The van der Waals surface area contributed by atoms with E-state index in [4.69, 9.17) is 5.73 Å². The van der Waals surface area contributed by atoms with Gasteiger partial charge in [0, 0.05) is 0 Å². The largest absolute Gasteiger partial charge is 0.480 e. The van der Waals surface area contributed by atoms with Crippen molar-refractivity contribution in [3.05, 3.63) is 0 Å². The SMILES string of the molecule is CSCCC(NC(=O)C1CCCN1)C(=O)NC(CC(N)=O)C(=O)NC(C(=O)O)C(C)C.